The Labute approximate surface area is 64.1 Å². The molecule has 0 heterocycles. The molecular formula is C5H10ClF3Si. The topological polar surface area (TPSA) is 0 Å². The van der Waals surface area contributed by atoms with E-state index in [0.29, 0.717) is 6.42 Å². The molecule has 0 saturated heterocycles. The van der Waals surface area contributed by atoms with E-state index in [0.717, 1.165) is 6.55 Å². The van der Waals surface area contributed by atoms with E-state index in [9.17, 15) is 13.2 Å². The predicted molar refractivity (Wildman–Crippen MR) is 38.6 cm³/mol. The van der Waals surface area contributed by atoms with Crippen LogP contribution in [-0.2, 0) is 0 Å². The van der Waals surface area contributed by atoms with Crippen LogP contribution < -0.4 is 0 Å². The van der Waals surface area contributed by atoms with Crippen molar-refractivity contribution in [3.63, 3.8) is 0 Å². The lowest BCUT2D eigenvalue weighted by Gasteiger charge is -2.21. The molecule has 0 bridgehead atoms. The highest BCUT2D eigenvalue weighted by Crippen LogP contribution is 2.35. The van der Waals surface area contributed by atoms with E-state index in [2.05, 4.69) is 0 Å². The minimum atomic E-state index is -4.15. The molecule has 1 atom stereocenters. The van der Waals surface area contributed by atoms with Gasteiger partial charge in [-0.05, 0) is 12.6 Å². The average Bonchev–Trinajstić information content (AvgIpc) is 1.61. The van der Waals surface area contributed by atoms with Gasteiger partial charge in [-0.1, -0.05) is 13.3 Å². The highest BCUT2D eigenvalue weighted by Gasteiger charge is 2.51. The van der Waals surface area contributed by atoms with Gasteiger partial charge in [0.15, 0.2) is 0 Å². The highest BCUT2D eigenvalue weighted by atomic mass is 35.6. The van der Waals surface area contributed by atoms with Crippen LogP contribution in [0.15, 0.2) is 0 Å². The third-order valence-electron chi connectivity index (χ3n) is 1.31. The molecule has 1 unspecified atom stereocenters. The zero-order valence-corrected chi connectivity index (χ0v) is 7.68. The smallest absolute Gasteiger partial charge is 0.175 e. The minimum Gasteiger partial charge on any atom is -0.175 e. The molecule has 0 saturated carbocycles. The number of alkyl halides is 3. The van der Waals surface area contributed by atoms with Crippen molar-refractivity contribution in [2.75, 3.05) is 0 Å². The predicted octanol–water partition coefficient (Wildman–Crippen LogP) is 3.31. The fraction of sp³-hybridized carbons (Fsp3) is 1.00. The lowest BCUT2D eigenvalue weighted by atomic mass is 10.6. The molecule has 0 aliphatic rings. The standard InChI is InChI=1S/C5H10ClF3Si/c1-3-4-10(2,6)5(7,8)9/h3-4H2,1-2H3. The molecule has 0 spiro atoms. The summed E-state index contributed by atoms with van der Waals surface area (Å²) in [7, 11) is -3.43. The summed E-state index contributed by atoms with van der Waals surface area (Å²) >= 11 is 5.33. The summed E-state index contributed by atoms with van der Waals surface area (Å²) in [5.74, 6) is -4.15. The minimum absolute atomic E-state index is 0.109. The molecule has 0 nitrogen and oxygen atoms in total. The second-order valence-electron chi connectivity index (χ2n) is 2.45. The zero-order chi connectivity index (χ0) is 8.41. The number of halogens is 4. The van der Waals surface area contributed by atoms with Crippen molar-refractivity contribution in [2.45, 2.75) is 31.7 Å². The molecule has 0 radical (unpaired) electrons. The van der Waals surface area contributed by atoms with Gasteiger partial charge >= 0.3 is 5.80 Å². The monoisotopic (exact) mass is 190 g/mol. The van der Waals surface area contributed by atoms with Crippen molar-refractivity contribution >= 4 is 18.5 Å². The van der Waals surface area contributed by atoms with Crippen molar-refractivity contribution in [3.8, 4) is 0 Å². The molecule has 5 heteroatoms. The highest BCUT2D eigenvalue weighted by molar-refractivity contribution is 7.20. The van der Waals surface area contributed by atoms with E-state index in [4.69, 9.17) is 11.1 Å². The molecule has 62 valence electrons. The Balaban J connectivity index is 4.10. The largest absolute Gasteiger partial charge is 0.377 e. The summed E-state index contributed by atoms with van der Waals surface area (Å²) in [6.07, 6.45) is 0.506. The average molecular weight is 191 g/mol. The van der Waals surface area contributed by atoms with Gasteiger partial charge in [0, 0.05) is 0 Å². The van der Waals surface area contributed by atoms with Crippen LogP contribution in [0.1, 0.15) is 13.3 Å². The maximum absolute atomic E-state index is 12.0. The second kappa shape index (κ2) is 3.13. The molecule has 0 aliphatic carbocycles. The maximum atomic E-state index is 12.0. The van der Waals surface area contributed by atoms with Crippen molar-refractivity contribution in [2.24, 2.45) is 0 Å². The summed E-state index contributed by atoms with van der Waals surface area (Å²) < 4.78 is 35.9. The molecular weight excluding hydrogens is 181 g/mol. The van der Waals surface area contributed by atoms with Gasteiger partial charge < -0.3 is 0 Å². The first kappa shape index (κ1) is 10.3. The van der Waals surface area contributed by atoms with Gasteiger partial charge in [-0.25, -0.2) is 0 Å². The molecule has 0 aromatic heterocycles. The van der Waals surface area contributed by atoms with E-state index in [-0.39, 0.29) is 6.04 Å². The van der Waals surface area contributed by atoms with Crippen LogP contribution in [0.3, 0.4) is 0 Å². The first-order valence-corrected chi connectivity index (χ1v) is 6.79. The first-order chi connectivity index (χ1) is 4.31. The summed E-state index contributed by atoms with van der Waals surface area (Å²) in [4.78, 5) is 0. The van der Waals surface area contributed by atoms with Crippen LogP contribution >= 0.6 is 11.1 Å². The Morgan fingerprint density at radius 3 is 1.90 bits per heavy atom. The van der Waals surface area contributed by atoms with Crippen molar-refractivity contribution in [1.29, 1.82) is 0 Å². The fourth-order valence-corrected chi connectivity index (χ4v) is 2.40. The Kier molecular flexibility index (Phi) is 3.22. The van der Waals surface area contributed by atoms with Crippen LogP contribution in [0.2, 0.25) is 12.6 Å². The zero-order valence-electron chi connectivity index (χ0n) is 5.93. The van der Waals surface area contributed by atoms with Gasteiger partial charge in [0.1, 0.15) is 0 Å². The molecule has 0 N–H and O–H groups in total. The van der Waals surface area contributed by atoms with Gasteiger partial charge in [-0.15, -0.1) is 0 Å². The Hall–Kier alpha value is 0.297. The third-order valence-corrected chi connectivity index (χ3v) is 5.14. The van der Waals surface area contributed by atoms with E-state index >= 15 is 0 Å². The van der Waals surface area contributed by atoms with E-state index < -0.39 is 13.2 Å². The maximum Gasteiger partial charge on any atom is 0.377 e. The van der Waals surface area contributed by atoms with Gasteiger partial charge in [-0.2, -0.15) is 24.3 Å². The number of rotatable bonds is 2. The lowest BCUT2D eigenvalue weighted by molar-refractivity contribution is -0.0535. The first-order valence-electron chi connectivity index (χ1n) is 3.07. The summed E-state index contributed by atoms with van der Waals surface area (Å²) in [6.45, 7) is 2.84. The van der Waals surface area contributed by atoms with Crippen molar-refractivity contribution < 1.29 is 13.2 Å². The number of hydrogen-bond donors (Lipinski definition) is 0. The lowest BCUT2D eigenvalue weighted by Crippen LogP contribution is -2.41. The molecule has 0 aromatic rings. The van der Waals surface area contributed by atoms with Crippen molar-refractivity contribution in [3.05, 3.63) is 0 Å². The van der Waals surface area contributed by atoms with Crippen LogP contribution in [0.25, 0.3) is 0 Å². The third kappa shape index (κ3) is 2.50. The molecule has 10 heavy (non-hydrogen) atoms. The fourth-order valence-electron chi connectivity index (χ4n) is 0.611. The van der Waals surface area contributed by atoms with Crippen LogP contribution in [0.4, 0.5) is 13.2 Å². The van der Waals surface area contributed by atoms with E-state index in [1.165, 1.54) is 0 Å². The Morgan fingerprint density at radius 1 is 1.40 bits per heavy atom. The number of hydrogen-bond acceptors (Lipinski definition) is 0. The SMILES string of the molecule is CCC[Si](C)(Cl)C(F)(F)F. The van der Waals surface area contributed by atoms with Gasteiger partial charge in [0.05, 0.1) is 0 Å². The van der Waals surface area contributed by atoms with Gasteiger partial charge in [0.2, 0.25) is 0 Å². The normalized spacial score (nSPS) is 18.6. The summed E-state index contributed by atoms with van der Waals surface area (Å²) in [5, 5.41) is 0. The molecule has 0 aliphatic heterocycles. The second-order valence-corrected chi connectivity index (χ2v) is 8.41. The van der Waals surface area contributed by atoms with Crippen molar-refractivity contribution in [1.82, 2.24) is 0 Å². The summed E-state index contributed by atoms with van der Waals surface area (Å²) in [5.41, 5.74) is 0. The van der Waals surface area contributed by atoms with Crippen LogP contribution in [0, 0.1) is 0 Å². The Morgan fingerprint density at radius 2 is 1.80 bits per heavy atom. The van der Waals surface area contributed by atoms with E-state index in [1.54, 1.807) is 6.92 Å². The van der Waals surface area contributed by atoms with Gasteiger partial charge in [0.25, 0.3) is 7.38 Å². The molecule has 0 aromatic carbocycles. The molecule has 0 fully saturated rings. The van der Waals surface area contributed by atoms with Crippen LogP contribution in [-0.4, -0.2) is 13.2 Å². The van der Waals surface area contributed by atoms with Crippen LogP contribution in [0.5, 0.6) is 0 Å². The molecule has 0 rings (SSSR count). The van der Waals surface area contributed by atoms with Gasteiger partial charge in [-0.3, -0.25) is 0 Å². The Bertz CT molecular complexity index is 110. The quantitative estimate of drug-likeness (QED) is 0.463. The molecule has 0 amide bonds. The van der Waals surface area contributed by atoms with E-state index in [1.807, 2.05) is 0 Å². The summed E-state index contributed by atoms with van der Waals surface area (Å²) in [6, 6.07) is 0.109.